The van der Waals surface area contributed by atoms with Crippen LogP contribution < -0.4 is 0 Å². The molecule has 0 aliphatic carbocycles. The Bertz CT molecular complexity index is 404. The summed E-state index contributed by atoms with van der Waals surface area (Å²) in [5, 5.41) is 0. The molecule has 1 rings (SSSR count). The highest BCUT2D eigenvalue weighted by molar-refractivity contribution is 5.97. The molecule has 1 aliphatic heterocycles. The highest BCUT2D eigenvalue weighted by Crippen LogP contribution is 2.41. The number of esters is 2. The van der Waals surface area contributed by atoms with Crippen molar-refractivity contribution in [2.75, 3.05) is 0 Å². The van der Waals surface area contributed by atoms with E-state index in [1.165, 1.54) is 0 Å². The number of cyclic esters (lactones) is 2. The van der Waals surface area contributed by atoms with Gasteiger partial charge in [-0.1, -0.05) is 29.9 Å². The Morgan fingerprint density at radius 2 is 2.06 bits per heavy atom. The molecular formula is C14H18O3. The lowest BCUT2D eigenvalue weighted by Crippen LogP contribution is -2.26. The lowest BCUT2D eigenvalue weighted by Gasteiger charge is -2.23. The first-order valence-corrected chi connectivity index (χ1v) is 5.60. The molecule has 0 amide bonds. The standard InChI is InChI=1S/C14H18O3/c1-5-7-14(8-11(4)10(3)6-2)9-12(15)17-13(14)16/h5-6H,1-2,7-9H2,3-4H3/b11-10-. The van der Waals surface area contributed by atoms with Crippen molar-refractivity contribution in [1.29, 1.82) is 0 Å². The molecular weight excluding hydrogens is 216 g/mol. The predicted octanol–water partition coefficient (Wildman–Crippen LogP) is 2.93. The Hall–Kier alpha value is -1.64. The lowest BCUT2D eigenvalue weighted by atomic mass is 9.76. The molecule has 92 valence electrons. The molecule has 0 N–H and O–H groups in total. The summed E-state index contributed by atoms with van der Waals surface area (Å²) in [4.78, 5) is 23.1. The molecule has 1 unspecified atom stereocenters. The topological polar surface area (TPSA) is 43.4 Å². The second-order valence-electron chi connectivity index (χ2n) is 4.56. The zero-order valence-corrected chi connectivity index (χ0v) is 10.4. The van der Waals surface area contributed by atoms with Gasteiger partial charge in [0.15, 0.2) is 0 Å². The Morgan fingerprint density at radius 1 is 1.41 bits per heavy atom. The monoisotopic (exact) mass is 234 g/mol. The van der Waals surface area contributed by atoms with Gasteiger partial charge in [-0.05, 0) is 26.7 Å². The van der Waals surface area contributed by atoms with Crippen molar-refractivity contribution in [2.24, 2.45) is 5.41 Å². The van der Waals surface area contributed by atoms with Crippen molar-refractivity contribution in [2.45, 2.75) is 33.1 Å². The number of carbonyl (C=O) groups excluding carboxylic acids is 2. The highest BCUT2D eigenvalue weighted by atomic mass is 16.6. The van der Waals surface area contributed by atoms with Crippen LogP contribution in [0.1, 0.15) is 33.1 Å². The van der Waals surface area contributed by atoms with Gasteiger partial charge in [0.2, 0.25) is 0 Å². The first kappa shape index (κ1) is 13.4. The van der Waals surface area contributed by atoms with E-state index in [4.69, 9.17) is 0 Å². The Labute approximate surface area is 102 Å². The third-order valence-electron chi connectivity index (χ3n) is 3.24. The van der Waals surface area contributed by atoms with Gasteiger partial charge in [-0.25, -0.2) is 0 Å². The predicted molar refractivity (Wildman–Crippen MR) is 66.2 cm³/mol. The van der Waals surface area contributed by atoms with Crippen LogP contribution in [0.4, 0.5) is 0 Å². The van der Waals surface area contributed by atoms with Crippen molar-refractivity contribution in [3.05, 3.63) is 36.5 Å². The van der Waals surface area contributed by atoms with Crippen LogP contribution in [-0.4, -0.2) is 11.9 Å². The second-order valence-corrected chi connectivity index (χ2v) is 4.56. The molecule has 0 saturated carbocycles. The SMILES string of the molecule is C=CCC1(C/C(C)=C(/C)C=C)CC(=O)OC1=O. The second kappa shape index (κ2) is 5.13. The maximum atomic E-state index is 11.8. The van der Waals surface area contributed by atoms with Gasteiger partial charge >= 0.3 is 11.9 Å². The summed E-state index contributed by atoms with van der Waals surface area (Å²) in [5.74, 6) is -0.875. The number of allylic oxidation sites excluding steroid dienone is 4. The summed E-state index contributed by atoms with van der Waals surface area (Å²) in [6.07, 6.45) is 4.52. The minimum absolute atomic E-state index is 0.139. The zero-order chi connectivity index (χ0) is 13.1. The number of hydrogen-bond donors (Lipinski definition) is 0. The van der Waals surface area contributed by atoms with Crippen molar-refractivity contribution >= 4 is 11.9 Å². The molecule has 3 heteroatoms. The Balaban J connectivity index is 3.02. The minimum atomic E-state index is -0.757. The smallest absolute Gasteiger partial charge is 0.320 e. The first-order chi connectivity index (χ1) is 7.95. The fourth-order valence-electron chi connectivity index (χ4n) is 2.06. The summed E-state index contributed by atoms with van der Waals surface area (Å²) in [5.41, 5.74) is 1.32. The summed E-state index contributed by atoms with van der Waals surface area (Å²) in [6.45, 7) is 11.2. The molecule has 1 heterocycles. The molecule has 0 aromatic rings. The number of hydrogen-bond acceptors (Lipinski definition) is 3. The van der Waals surface area contributed by atoms with E-state index in [2.05, 4.69) is 17.9 Å². The molecule has 0 radical (unpaired) electrons. The summed E-state index contributed by atoms with van der Waals surface area (Å²) in [7, 11) is 0. The molecule has 1 aliphatic rings. The lowest BCUT2D eigenvalue weighted by molar-refractivity contribution is -0.155. The molecule has 0 aromatic carbocycles. The largest absolute Gasteiger partial charge is 0.393 e. The van der Waals surface area contributed by atoms with Crippen LogP contribution in [0.25, 0.3) is 0 Å². The third-order valence-corrected chi connectivity index (χ3v) is 3.24. The molecule has 0 bridgehead atoms. The van der Waals surface area contributed by atoms with Gasteiger partial charge in [-0.15, -0.1) is 6.58 Å². The molecule has 17 heavy (non-hydrogen) atoms. The molecule has 0 aromatic heterocycles. The van der Waals surface area contributed by atoms with E-state index in [-0.39, 0.29) is 6.42 Å². The Morgan fingerprint density at radius 3 is 2.47 bits per heavy atom. The van der Waals surface area contributed by atoms with Crippen molar-refractivity contribution in [3.8, 4) is 0 Å². The number of carbonyl (C=O) groups is 2. The molecule has 1 atom stereocenters. The van der Waals surface area contributed by atoms with E-state index in [1.54, 1.807) is 12.2 Å². The van der Waals surface area contributed by atoms with E-state index < -0.39 is 17.4 Å². The van der Waals surface area contributed by atoms with E-state index >= 15 is 0 Å². The number of ether oxygens (including phenoxy) is 1. The van der Waals surface area contributed by atoms with Crippen LogP contribution in [0.3, 0.4) is 0 Å². The van der Waals surface area contributed by atoms with E-state index in [0.717, 1.165) is 11.1 Å². The molecule has 3 nitrogen and oxygen atoms in total. The molecule has 1 saturated heterocycles. The van der Waals surface area contributed by atoms with Gasteiger partial charge < -0.3 is 4.74 Å². The van der Waals surface area contributed by atoms with Gasteiger partial charge in [0.05, 0.1) is 11.8 Å². The van der Waals surface area contributed by atoms with Gasteiger partial charge in [0, 0.05) is 0 Å². The summed E-state index contributed by atoms with van der Waals surface area (Å²) < 4.78 is 4.67. The maximum Gasteiger partial charge on any atom is 0.320 e. The fraction of sp³-hybridized carbons (Fsp3) is 0.429. The first-order valence-electron chi connectivity index (χ1n) is 5.60. The van der Waals surface area contributed by atoms with Crippen molar-refractivity contribution in [3.63, 3.8) is 0 Å². The quantitative estimate of drug-likeness (QED) is 0.318. The fourth-order valence-corrected chi connectivity index (χ4v) is 2.06. The average Bonchev–Trinajstić information content (AvgIpc) is 2.53. The molecule has 1 fully saturated rings. The zero-order valence-electron chi connectivity index (χ0n) is 10.4. The normalized spacial score (nSPS) is 25.3. The minimum Gasteiger partial charge on any atom is -0.393 e. The van der Waals surface area contributed by atoms with E-state index in [0.29, 0.717) is 12.8 Å². The van der Waals surface area contributed by atoms with Gasteiger partial charge in [0.25, 0.3) is 0 Å². The molecule has 0 spiro atoms. The van der Waals surface area contributed by atoms with Crippen LogP contribution in [0.2, 0.25) is 0 Å². The van der Waals surface area contributed by atoms with E-state index in [9.17, 15) is 9.59 Å². The summed E-state index contributed by atoms with van der Waals surface area (Å²) >= 11 is 0. The average molecular weight is 234 g/mol. The summed E-state index contributed by atoms with van der Waals surface area (Å²) in [6, 6.07) is 0. The van der Waals surface area contributed by atoms with Crippen LogP contribution in [0.5, 0.6) is 0 Å². The van der Waals surface area contributed by atoms with Crippen LogP contribution in [0, 0.1) is 5.41 Å². The highest BCUT2D eigenvalue weighted by Gasteiger charge is 2.48. The van der Waals surface area contributed by atoms with Crippen molar-refractivity contribution < 1.29 is 14.3 Å². The van der Waals surface area contributed by atoms with Crippen molar-refractivity contribution in [1.82, 2.24) is 0 Å². The maximum absolute atomic E-state index is 11.8. The van der Waals surface area contributed by atoms with Crippen LogP contribution >= 0.6 is 0 Å². The third kappa shape index (κ3) is 2.73. The Kier molecular flexibility index (Phi) is 4.05. The van der Waals surface area contributed by atoms with Gasteiger partial charge in [-0.2, -0.15) is 0 Å². The van der Waals surface area contributed by atoms with Gasteiger partial charge in [-0.3, -0.25) is 9.59 Å². The van der Waals surface area contributed by atoms with Gasteiger partial charge in [0.1, 0.15) is 0 Å². The van der Waals surface area contributed by atoms with E-state index in [1.807, 2.05) is 13.8 Å². The van der Waals surface area contributed by atoms with Crippen LogP contribution in [-0.2, 0) is 14.3 Å². The van der Waals surface area contributed by atoms with Crippen LogP contribution in [0.15, 0.2) is 36.5 Å². The number of rotatable bonds is 5.